The lowest BCUT2D eigenvalue weighted by Gasteiger charge is -2.22. The molecule has 138 valence electrons. The van der Waals surface area contributed by atoms with Crippen LogP contribution in [0.2, 0.25) is 5.02 Å². The number of rotatable bonds is 5. The van der Waals surface area contributed by atoms with Crippen LogP contribution in [0.3, 0.4) is 0 Å². The van der Waals surface area contributed by atoms with Gasteiger partial charge in [-0.3, -0.25) is 0 Å². The summed E-state index contributed by atoms with van der Waals surface area (Å²) in [5.74, 6) is 1.32. The van der Waals surface area contributed by atoms with Crippen molar-refractivity contribution in [1.29, 1.82) is 0 Å². The molecule has 0 aromatic heterocycles. The molecule has 0 spiro atoms. The van der Waals surface area contributed by atoms with Crippen molar-refractivity contribution in [3.8, 4) is 17.2 Å². The van der Waals surface area contributed by atoms with Crippen LogP contribution in [0.25, 0.3) is 0 Å². The van der Waals surface area contributed by atoms with E-state index in [9.17, 15) is 4.57 Å². The minimum absolute atomic E-state index is 0.0551. The SMILES string of the molecule is CCOc1cc(P(=O)(c2ccccc2)c2ccccc2)c(Cl)c2c1OCO2. The van der Waals surface area contributed by atoms with Gasteiger partial charge in [0.15, 0.2) is 18.6 Å². The molecule has 0 unspecified atom stereocenters. The van der Waals surface area contributed by atoms with Gasteiger partial charge in [0, 0.05) is 15.9 Å². The van der Waals surface area contributed by atoms with Crippen LogP contribution in [0, 0.1) is 0 Å². The fourth-order valence-corrected chi connectivity index (χ4v) is 6.46. The summed E-state index contributed by atoms with van der Waals surface area (Å²) < 4.78 is 31.4. The summed E-state index contributed by atoms with van der Waals surface area (Å²) in [5, 5.41) is 2.16. The highest BCUT2D eigenvalue weighted by Gasteiger charge is 2.36. The van der Waals surface area contributed by atoms with E-state index in [0.29, 0.717) is 44.8 Å². The van der Waals surface area contributed by atoms with Gasteiger partial charge in [0.1, 0.15) is 0 Å². The summed E-state index contributed by atoms with van der Waals surface area (Å²) in [6.45, 7) is 2.38. The second-order valence-electron chi connectivity index (χ2n) is 5.99. The molecule has 0 N–H and O–H groups in total. The summed E-state index contributed by atoms with van der Waals surface area (Å²) in [6.07, 6.45) is 0. The Morgan fingerprint density at radius 2 is 1.52 bits per heavy atom. The fraction of sp³-hybridized carbons (Fsp3) is 0.143. The van der Waals surface area contributed by atoms with Crippen LogP contribution in [0.5, 0.6) is 17.2 Å². The number of fused-ring (bicyclic) bond motifs is 1. The largest absolute Gasteiger partial charge is 0.490 e. The Labute approximate surface area is 163 Å². The molecule has 1 aliphatic heterocycles. The Balaban J connectivity index is 2.03. The third-order valence-electron chi connectivity index (χ3n) is 4.41. The molecule has 0 radical (unpaired) electrons. The molecule has 0 fully saturated rings. The monoisotopic (exact) mass is 400 g/mol. The van der Waals surface area contributed by atoms with Crippen molar-refractivity contribution >= 4 is 34.7 Å². The highest BCUT2D eigenvalue weighted by atomic mass is 35.5. The van der Waals surface area contributed by atoms with Crippen LogP contribution in [0.1, 0.15) is 6.92 Å². The van der Waals surface area contributed by atoms with Crippen molar-refractivity contribution in [3.05, 3.63) is 71.8 Å². The topological polar surface area (TPSA) is 44.8 Å². The van der Waals surface area contributed by atoms with E-state index in [4.69, 9.17) is 25.8 Å². The van der Waals surface area contributed by atoms with Crippen LogP contribution in [-0.2, 0) is 4.57 Å². The first kappa shape index (κ1) is 18.0. The number of benzene rings is 3. The molecule has 0 bridgehead atoms. The normalized spacial score (nSPS) is 12.8. The van der Waals surface area contributed by atoms with Gasteiger partial charge >= 0.3 is 0 Å². The lowest BCUT2D eigenvalue weighted by molar-refractivity contribution is 0.170. The average molecular weight is 401 g/mol. The van der Waals surface area contributed by atoms with Crippen molar-refractivity contribution in [2.24, 2.45) is 0 Å². The van der Waals surface area contributed by atoms with Crippen LogP contribution in [-0.4, -0.2) is 13.4 Å². The molecule has 0 saturated heterocycles. The van der Waals surface area contributed by atoms with Gasteiger partial charge in [0.25, 0.3) is 0 Å². The van der Waals surface area contributed by atoms with Crippen LogP contribution >= 0.6 is 18.7 Å². The van der Waals surface area contributed by atoms with Crippen molar-refractivity contribution < 1.29 is 18.8 Å². The summed E-state index contributed by atoms with van der Waals surface area (Å²) in [4.78, 5) is 0. The second kappa shape index (κ2) is 7.30. The maximum Gasteiger partial charge on any atom is 0.231 e. The molecule has 1 heterocycles. The third kappa shape index (κ3) is 2.99. The van der Waals surface area contributed by atoms with Crippen molar-refractivity contribution in [2.45, 2.75) is 6.92 Å². The number of hydrogen-bond acceptors (Lipinski definition) is 4. The van der Waals surface area contributed by atoms with E-state index in [2.05, 4.69) is 0 Å². The lowest BCUT2D eigenvalue weighted by atomic mass is 10.3. The van der Waals surface area contributed by atoms with E-state index in [1.807, 2.05) is 67.6 Å². The fourth-order valence-electron chi connectivity index (χ4n) is 3.19. The van der Waals surface area contributed by atoms with Crippen LogP contribution < -0.4 is 30.1 Å². The maximum absolute atomic E-state index is 14.6. The van der Waals surface area contributed by atoms with Gasteiger partial charge in [0.05, 0.1) is 11.6 Å². The molecule has 0 atom stereocenters. The molecule has 6 heteroatoms. The predicted octanol–water partition coefficient (Wildman–Crippen LogP) is 4.11. The average Bonchev–Trinajstić information content (AvgIpc) is 3.22. The summed E-state index contributed by atoms with van der Waals surface area (Å²) in [6, 6.07) is 20.4. The Kier molecular flexibility index (Phi) is 4.86. The zero-order valence-electron chi connectivity index (χ0n) is 14.7. The number of hydrogen-bond donors (Lipinski definition) is 0. The lowest BCUT2D eigenvalue weighted by Crippen LogP contribution is -2.26. The van der Waals surface area contributed by atoms with E-state index in [0.717, 1.165) is 0 Å². The molecular formula is C21H18ClO4P. The highest BCUT2D eigenvalue weighted by Crippen LogP contribution is 2.52. The van der Waals surface area contributed by atoms with E-state index in [-0.39, 0.29) is 6.79 Å². The summed E-state index contributed by atoms with van der Waals surface area (Å²) in [5.41, 5.74) is 0. The Hall–Kier alpha value is -2.42. The molecule has 1 aliphatic rings. The molecule has 3 aromatic rings. The first-order valence-corrected chi connectivity index (χ1v) is 10.7. The molecule has 0 saturated carbocycles. The van der Waals surface area contributed by atoms with Crippen molar-refractivity contribution in [1.82, 2.24) is 0 Å². The van der Waals surface area contributed by atoms with Gasteiger partial charge < -0.3 is 18.8 Å². The third-order valence-corrected chi connectivity index (χ3v) is 8.00. The number of ether oxygens (including phenoxy) is 3. The zero-order chi connectivity index (χ0) is 18.9. The quantitative estimate of drug-likeness (QED) is 0.605. The summed E-state index contributed by atoms with van der Waals surface area (Å²) >= 11 is 6.68. The van der Waals surface area contributed by atoms with Crippen LogP contribution in [0.15, 0.2) is 66.7 Å². The zero-order valence-corrected chi connectivity index (χ0v) is 16.4. The van der Waals surface area contributed by atoms with Gasteiger partial charge in [-0.25, -0.2) is 0 Å². The van der Waals surface area contributed by atoms with Gasteiger partial charge in [-0.2, -0.15) is 0 Å². The van der Waals surface area contributed by atoms with E-state index in [1.165, 1.54) is 0 Å². The molecule has 27 heavy (non-hydrogen) atoms. The standard InChI is InChI=1S/C21H18ClO4P/c1-2-24-17-13-18(19(22)21-20(17)25-14-26-21)27(23,15-9-5-3-6-10-15)16-11-7-4-8-12-16/h3-13H,2,14H2,1H3. The van der Waals surface area contributed by atoms with Gasteiger partial charge in [-0.1, -0.05) is 72.3 Å². The molecule has 3 aromatic carbocycles. The van der Waals surface area contributed by atoms with E-state index >= 15 is 0 Å². The highest BCUT2D eigenvalue weighted by molar-refractivity contribution is 7.85. The second-order valence-corrected chi connectivity index (χ2v) is 9.10. The molecule has 0 aliphatic carbocycles. The smallest absolute Gasteiger partial charge is 0.231 e. The number of halogens is 1. The maximum atomic E-state index is 14.6. The molecule has 4 rings (SSSR count). The minimum atomic E-state index is -3.24. The van der Waals surface area contributed by atoms with Gasteiger partial charge in [-0.05, 0) is 13.0 Å². The minimum Gasteiger partial charge on any atom is -0.490 e. The predicted molar refractivity (Wildman–Crippen MR) is 108 cm³/mol. The Morgan fingerprint density at radius 3 is 2.07 bits per heavy atom. The first-order valence-electron chi connectivity index (χ1n) is 8.63. The van der Waals surface area contributed by atoms with Gasteiger partial charge in [-0.15, -0.1) is 0 Å². The molecule has 4 nitrogen and oxygen atoms in total. The molecular weight excluding hydrogens is 383 g/mol. The van der Waals surface area contributed by atoms with Crippen molar-refractivity contribution in [3.63, 3.8) is 0 Å². The first-order chi connectivity index (χ1) is 13.2. The van der Waals surface area contributed by atoms with Gasteiger partial charge in [0.2, 0.25) is 12.5 Å². The Morgan fingerprint density at radius 1 is 0.963 bits per heavy atom. The molecule has 0 amide bonds. The van der Waals surface area contributed by atoms with E-state index < -0.39 is 7.14 Å². The van der Waals surface area contributed by atoms with Crippen molar-refractivity contribution in [2.75, 3.05) is 13.4 Å². The Bertz CT molecular complexity index is 962. The van der Waals surface area contributed by atoms with Crippen LogP contribution in [0.4, 0.5) is 0 Å². The summed E-state index contributed by atoms with van der Waals surface area (Å²) in [7, 11) is -3.24. The van der Waals surface area contributed by atoms with E-state index in [1.54, 1.807) is 6.07 Å².